The second kappa shape index (κ2) is 5.24. The van der Waals surface area contributed by atoms with E-state index in [0.717, 1.165) is 38.9 Å². The number of sulfone groups is 1. The first-order valence-electron chi connectivity index (χ1n) is 6.51. The lowest BCUT2D eigenvalue weighted by molar-refractivity contribution is 0.176. The van der Waals surface area contributed by atoms with Crippen molar-refractivity contribution in [3.05, 3.63) is 0 Å². The molecule has 4 atom stereocenters. The molecule has 1 aliphatic heterocycles. The highest BCUT2D eigenvalue weighted by Gasteiger charge is 2.36. The average molecular weight is 261 g/mol. The molecule has 4 unspecified atom stereocenters. The Balaban J connectivity index is 1.93. The van der Waals surface area contributed by atoms with E-state index in [9.17, 15) is 8.42 Å². The summed E-state index contributed by atoms with van der Waals surface area (Å²) in [5, 5.41) is 3.33. The third kappa shape index (κ3) is 3.20. The van der Waals surface area contributed by atoms with E-state index in [2.05, 4.69) is 12.2 Å². The minimum atomic E-state index is -2.91. The Morgan fingerprint density at radius 1 is 1.29 bits per heavy atom. The number of hydrogen-bond donors (Lipinski definition) is 1. The van der Waals surface area contributed by atoms with Gasteiger partial charge in [-0.3, -0.25) is 0 Å². The highest BCUT2D eigenvalue weighted by Crippen LogP contribution is 2.27. The summed E-state index contributed by atoms with van der Waals surface area (Å²) in [5.41, 5.74) is 0. The maximum absolute atomic E-state index is 11.7. The van der Waals surface area contributed by atoms with Crippen molar-refractivity contribution in [2.45, 2.75) is 49.9 Å². The van der Waals surface area contributed by atoms with Crippen LogP contribution in [0.1, 0.15) is 32.6 Å². The van der Waals surface area contributed by atoms with Gasteiger partial charge in [0.15, 0.2) is 9.84 Å². The summed E-state index contributed by atoms with van der Waals surface area (Å²) < 4.78 is 28.7. The van der Waals surface area contributed by atoms with Crippen LogP contribution in [0.3, 0.4) is 0 Å². The van der Waals surface area contributed by atoms with Crippen molar-refractivity contribution in [2.75, 3.05) is 19.5 Å². The first kappa shape index (κ1) is 13.3. The van der Waals surface area contributed by atoms with Gasteiger partial charge in [0.05, 0.1) is 11.9 Å². The molecule has 0 spiro atoms. The monoisotopic (exact) mass is 261 g/mol. The van der Waals surface area contributed by atoms with Gasteiger partial charge in [0.1, 0.15) is 0 Å². The standard InChI is InChI=1S/C12H23NO3S/c1-9(10-6-7-16-8-10)13-11-4-3-5-12(11)17(2,14)15/h9-13H,3-8H2,1-2H3. The smallest absolute Gasteiger partial charge is 0.151 e. The van der Waals surface area contributed by atoms with Gasteiger partial charge in [0, 0.05) is 24.9 Å². The maximum atomic E-state index is 11.7. The second-order valence-corrected chi connectivity index (χ2v) is 7.75. The number of nitrogens with one attached hydrogen (secondary N) is 1. The average Bonchev–Trinajstić information content (AvgIpc) is 2.85. The van der Waals surface area contributed by atoms with Crippen LogP contribution in [0.25, 0.3) is 0 Å². The van der Waals surface area contributed by atoms with Gasteiger partial charge in [-0.2, -0.15) is 0 Å². The number of ether oxygens (including phenoxy) is 1. The molecule has 2 fully saturated rings. The van der Waals surface area contributed by atoms with Crippen LogP contribution in [0.5, 0.6) is 0 Å². The molecule has 2 aliphatic rings. The normalized spacial score (nSPS) is 36.2. The van der Waals surface area contributed by atoms with E-state index >= 15 is 0 Å². The fourth-order valence-electron chi connectivity index (χ4n) is 3.05. The fraction of sp³-hybridized carbons (Fsp3) is 1.00. The van der Waals surface area contributed by atoms with E-state index in [4.69, 9.17) is 4.74 Å². The van der Waals surface area contributed by atoms with Crippen molar-refractivity contribution in [1.29, 1.82) is 0 Å². The number of rotatable bonds is 4. The summed E-state index contributed by atoms with van der Waals surface area (Å²) in [6.45, 7) is 3.80. The molecule has 0 aromatic heterocycles. The Labute approximate surface area is 104 Å². The van der Waals surface area contributed by atoms with E-state index in [0.29, 0.717) is 12.0 Å². The SMILES string of the molecule is CC(NC1CCCC1S(C)(=O)=O)C1CCOC1. The highest BCUT2D eigenvalue weighted by molar-refractivity contribution is 7.91. The van der Waals surface area contributed by atoms with E-state index in [1.54, 1.807) is 0 Å². The molecule has 0 radical (unpaired) electrons. The van der Waals surface area contributed by atoms with Crippen molar-refractivity contribution in [3.63, 3.8) is 0 Å². The van der Waals surface area contributed by atoms with Gasteiger partial charge in [-0.1, -0.05) is 6.42 Å². The van der Waals surface area contributed by atoms with E-state index in [1.807, 2.05) is 0 Å². The molecule has 1 saturated carbocycles. The molecule has 5 heteroatoms. The van der Waals surface area contributed by atoms with Crippen molar-refractivity contribution in [2.24, 2.45) is 5.92 Å². The zero-order valence-corrected chi connectivity index (χ0v) is 11.5. The molecule has 17 heavy (non-hydrogen) atoms. The summed E-state index contributed by atoms with van der Waals surface area (Å²) in [6.07, 6.45) is 5.26. The molecule has 1 heterocycles. The summed E-state index contributed by atoms with van der Waals surface area (Å²) in [6, 6.07) is 0.491. The maximum Gasteiger partial charge on any atom is 0.151 e. The van der Waals surface area contributed by atoms with Crippen molar-refractivity contribution >= 4 is 9.84 Å². The third-order valence-electron chi connectivity index (χ3n) is 4.15. The molecule has 1 aliphatic carbocycles. The van der Waals surface area contributed by atoms with Gasteiger partial charge in [-0.15, -0.1) is 0 Å². The Morgan fingerprint density at radius 2 is 2.06 bits per heavy atom. The summed E-state index contributed by atoms with van der Waals surface area (Å²) >= 11 is 0. The molecule has 0 amide bonds. The van der Waals surface area contributed by atoms with Gasteiger partial charge < -0.3 is 10.1 Å². The van der Waals surface area contributed by atoms with Crippen LogP contribution in [0.4, 0.5) is 0 Å². The van der Waals surface area contributed by atoms with Crippen LogP contribution in [0.15, 0.2) is 0 Å². The van der Waals surface area contributed by atoms with Crippen molar-refractivity contribution in [1.82, 2.24) is 5.32 Å². The lowest BCUT2D eigenvalue weighted by atomic mass is 9.99. The molecule has 0 aromatic rings. The molecular formula is C12H23NO3S. The quantitative estimate of drug-likeness (QED) is 0.819. The molecular weight excluding hydrogens is 238 g/mol. The molecule has 1 N–H and O–H groups in total. The molecule has 4 nitrogen and oxygen atoms in total. The predicted molar refractivity (Wildman–Crippen MR) is 67.8 cm³/mol. The second-order valence-electron chi connectivity index (χ2n) is 5.48. The lowest BCUT2D eigenvalue weighted by Crippen LogP contribution is -2.47. The van der Waals surface area contributed by atoms with Crippen LogP contribution in [-0.4, -0.2) is 45.2 Å². The lowest BCUT2D eigenvalue weighted by Gasteiger charge is -2.27. The van der Waals surface area contributed by atoms with E-state index in [-0.39, 0.29) is 11.3 Å². The first-order chi connectivity index (χ1) is 7.98. The molecule has 0 aromatic carbocycles. The highest BCUT2D eigenvalue weighted by atomic mass is 32.2. The minimum Gasteiger partial charge on any atom is -0.381 e. The molecule has 1 saturated heterocycles. The molecule has 0 bridgehead atoms. The van der Waals surface area contributed by atoms with Crippen LogP contribution in [0, 0.1) is 5.92 Å². The van der Waals surface area contributed by atoms with Crippen molar-refractivity contribution in [3.8, 4) is 0 Å². The Bertz CT molecular complexity index is 349. The zero-order valence-electron chi connectivity index (χ0n) is 10.7. The largest absolute Gasteiger partial charge is 0.381 e. The van der Waals surface area contributed by atoms with E-state index < -0.39 is 9.84 Å². The topological polar surface area (TPSA) is 55.4 Å². The Kier molecular flexibility index (Phi) is 4.10. The molecule has 2 rings (SSSR count). The molecule has 100 valence electrons. The minimum absolute atomic E-state index is 0.139. The predicted octanol–water partition coefficient (Wildman–Crippen LogP) is 0.967. The van der Waals surface area contributed by atoms with Gasteiger partial charge in [0.2, 0.25) is 0 Å². The first-order valence-corrected chi connectivity index (χ1v) is 8.46. The van der Waals surface area contributed by atoms with Gasteiger partial charge in [-0.05, 0) is 32.1 Å². The summed E-state index contributed by atoms with van der Waals surface area (Å²) in [5.74, 6) is 0.538. The zero-order chi connectivity index (χ0) is 12.5. The van der Waals surface area contributed by atoms with Gasteiger partial charge in [-0.25, -0.2) is 8.42 Å². The summed E-state index contributed by atoms with van der Waals surface area (Å²) in [7, 11) is -2.91. The van der Waals surface area contributed by atoms with Gasteiger partial charge in [0.25, 0.3) is 0 Å². The number of hydrogen-bond acceptors (Lipinski definition) is 4. The fourth-order valence-corrected chi connectivity index (χ4v) is 4.46. The Morgan fingerprint density at radius 3 is 2.65 bits per heavy atom. The van der Waals surface area contributed by atoms with Crippen LogP contribution in [-0.2, 0) is 14.6 Å². The van der Waals surface area contributed by atoms with Crippen LogP contribution in [0.2, 0.25) is 0 Å². The van der Waals surface area contributed by atoms with Gasteiger partial charge >= 0.3 is 0 Å². The van der Waals surface area contributed by atoms with E-state index in [1.165, 1.54) is 6.26 Å². The third-order valence-corrected chi connectivity index (χ3v) is 5.82. The van der Waals surface area contributed by atoms with Crippen molar-refractivity contribution < 1.29 is 13.2 Å². The Hall–Kier alpha value is -0.130. The summed E-state index contributed by atoms with van der Waals surface area (Å²) in [4.78, 5) is 0. The van der Waals surface area contributed by atoms with Crippen LogP contribution < -0.4 is 5.32 Å². The van der Waals surface area contributed by atoms with Crippen LogP contribution >= 0.6 is 0 Å².